The van der Waals surface area contributed by atoms with Gasteiger partial charge < -0.3 is 5.32 Å². The van der Waals surface area contributed by atoms with Gasteiger partial charge in [0.2, 0.25) is 0 Å². The molecule has 1 aromatic carbocycles. The first-order chi connectivity index (χ1) is 8.72. The van der Waals surface area contributed by atoms with Crippen LogP contribution in [0.5, 0.6) is 0 Å². The largest absolute Gasteiger partial charge is 0.344 e. The molecule has 2 N–H and O–H groups in total. The topological polar surface area (TPSA) is 57.8 Å². The van der Waals surface area contributed by atoms with Crippen LogP contribution in [-0.4, -0.2) is 16.1 Å². The number of hydrogen-bond acceptors (Lipinski definition) is 2. The molecule has 0 aliphatic heterocycles. The molecule has 0 aliphatic rings. The number of H-pyrrole nitrogens is 1. The summed E-state index contributed by atoms with van der Waals surface area (Å²) >= 11 is 3.28. The number of nitrogens with one attached hydrogen (secondary N) is 2. The van der Waals surface area contributed by atoms with Gasteiger partial charge in [0.1, 0.15) is 5.69 Å². The van der Waals surface area contributed by atoms with Crippen LogP contribution in [0.25, 0.3) is 0 Å². The summed E-state index contributed by atoms with van der Waals surface area (Å²) in [5.41, 5.74) is 1.55. The van der Waals surface area contributed by atoms with Crippen LogP contribution in [0, 0.1) is 0 Å². The van der Waals surface area contributed by atoms with E-state index in [-0.39, 0.29) is 11.9 Å². The molecule has 1 unspecified atom stereocenters. The van der Waals surface area contributed by atoms with E-state index in [1.54, 1.807) is 6.20 Å². The Labute approximate surface area is 114 Å². The van der Waals surface area contributed by atoms with Gasteiger partial charge in [0.25, 0.3) is 5.91 Å². The highest BCUT2D eigenvalue weighted by Gasteiger charge is 2.17. The van der Waals surface area contributed by atoms with Gasteiger partial charge in [-0.15, -0.1) is 0 Å². The molecule has 1 amide bonds. The lowest BCUT2D eigenvalue weighted by Gasteiger charge is -2.16. The monoisotopic (exact) mass is 307 g/mol. The van der Waals surface area contributed by atoms with E-state index >= 15 is 0 Å². The third kappa shape index (κ3) is 2.79. The van der Waals surface area contributed by atoms with Crippen molar-refractivity contribution in [3.8, 4) is 0 Å². The zero-order chi connectivity index (χ0) is 13.0. The molecule has 2 aromatic rings. The number of rotatable bonds is 4. The van der Waals surface area contributed by atoms with Gasteiger partial charge in [-0.3, -0.25) is 9.89 Å². The molecule has 18 heavy (non-hydrogen) atoms. The predicted octanol–water partition coefficient (Wildman–Crippen LogP) is 3.05. The smallest absolute Gasteiger partial charge is 0.270 e. The summed E-state index contributed by atoms with van der Waals surface area (Å²) in [7, 11) is 0. The van der Waals surface area contributed by atoms with E-state index < -0.39 is 0 Å². The number of carbonyl (C=O) groups excluding carboxylic acids is 1. The molecule has 0 spiro atoms. The van der Waals surface area contributed by atoms with Crippen LogP contribution in [0.3, 0.4) is 0 Å². The Hall–Kier alpha value is -1.62. The van der Waals surface area contributed by atoms with Crippen molar-refractivity contribution in [2.45, 2.75) is 19.4 Å². The van der Waals surface area contributed by atoms with E-state index in [0.717, 1.165) is 12.0 Å². The minimum absolute atomic E-state index is 0.00824. The van der Waals surface area contributed by atoms with Crippen molar-refractivity contribution in [1.29, 1.82) is 0 Å². The number of hydrogen-bond donors (Lipinski definition) is 2. The lowest BCUT2D eigenvalue weighted by molar-refractivity contribution is 0.0929. The van der Waals surface area contributed by atoms with E-state index in [1.807, 2.05) is 37.3 Å². The molecule has 1 heterocycles. The maximum atomic E-state index is 12.1. The van der Waals surface area contributed by atoms with Crippen LogP contribution in [0.1, 0.15) is 35.4 Å². The van der Waals surface area contributed by atoms with Gasteiger partial charge >= 0.3 is 0 Å². The highest BCUT2D eigenvalue weighted by molar-refractivity contribution is 9.10. The van der Waals surface area contributed by atoms with E-state index in [4.69, 9.17) is 0 Å². The average molecular weight is 308 g/mol. The number of benzene rings is 1. The molecule has 0 radical (unpaired) electrons. The Morgan fingerprint density at radius 3 is 2.72 bits per heavy atom. The highest BCUT2D eigenvalue weighted by atomic mass is 79.9. The van der Waals surface area contributed by atoms with E-state index in [0.29, 0.717) is 10.2 Å². The third-order valence-corrected chi connectivity index (χ3v) is 3.34. The number of aromatic nitrogens is 2. The second kappa shape index (κ2) is 5.82. The van der Waals surface area contributed by atoms with Crippen molar-refractivity contribution in [2.75, 3.05) is 0 Å². The fraction of sp³-hybridized carbons (Fsp3) is 0.231. The van der Waals surface area contributed by atoms with Crippen molar-refractivity contribution in [3.63, 3.8) is 0 Å². The number of amides is 1. The summed E-state index contributed by atoms with van der Waals surface area (Å²) < 4.78 is 0.669. The molecule has 5 heteroatoms. The van der Waals surface area contributed by atoms with Crippen LogP contribution in [0.2, 0.25) is 0 Å². The first-order valence-electron chi connectivity index (χ1n) is 5.77. The van der Waals surface area contributed by atoms with Gasteiger partial charge in [0.05, 0.1) is 16.7 Å². The van der Waals surface area contributed by atoms with Gasteiger partial charge in [-0.25, -0.2) is 0 Å². The van der Waals surface area contributed by atoms with Crippen molar-refractivity contribution in [1.82, 2.24) is 15.5 Å². The minimum Gasteiger partial charge on any atom is -0.344 e. The fourth-order valence-electron chi connectivity index (χ4n) is 1.77. The molecule has 2 rings (SSSR count). The number of halogens is 1. The van der Waals surface area contributed by atoms with E-state index in [2.05, 4.69) is 31.4 Å². The maximum Gasteiger partial charge on any atom is 0.270 e. The molecule has 1 atom stereocenters. The molecule has 0 saturated carbocycles. The number of carbonyl (C=O) groups is 1. The Bertz CT molecular complexity index is 524. The summed E-state index contributed by atoms with van der Waals surface area (Å²) in [4.78, 5) is 12.1. The summed E-state index contributed by atoms with van der Waals surface area (Å²) in [6.07, 6.45) is 2.40. The highest BCUT2D eigenvalue weighted by Crippen LogP contribution is 2.18. The number of aromatic amines is 1. The van der Waals surface area contributed by atoms with Crippen molar-refractivity contribution < 1.29 is 4.79 Å². The Balaban J connectivity index is 2.13. The molecule has 94 valence electrons. The van der Waals surface area contributed by atoms with Crippen LogP contribution in [0.15, 0.2) is 41.0 Å². The number of nitrogens with zero attached hydrogens (tertiary/aromatic N) is 1. The summed E-state index contributed by atoms with van der Waals surface area (Å²) in [5, 5.41) is 9.48. The molecule has 0 aliphatic carbocycles. The van der Waals surface area contributed by atoms with Crippen molar-refractivity contribution >= 4 is 21.8 Å². The van der Waals surface area contributed by atoms with Crippen LogP contribution in [0.4, 0.5) is 0 Å². The molecule has 1 aromatic heterocycles. The first-order valence-corrected chi connectivity index (χ1v) is 6.56. The van der Waals surface area contributed by atoms with E-state index in [1.165, 1.54) is 0 Å². The first kappa shape index (κ1) is 12.8. The fourth-order valence-corrected chi connectivity index (χ4v) is 2.14. The van der Waals surface area contributed by atoms with E-state index in [9.17, 15) is 4.79 Å². The quantitative estimate of drug-likeness (QED) is 0.912. The summed E-state index contributed by atoms with van der Waals surface area (Å²) in [5.74, 6) is -0.157. The minimum atomic E-state index is -0.157. The molecule has 0 fully saturated rings. The third-order valence-electron chi connectivity index (χ3n) is 2.74. The standard InChI is InChI=1S/C13H14BrN3O/c1-2-11(9-6-4-3-5-7-9)16-13(18)12-10(14)8-15-17-12/h3-8,11H,2H2,1H3,(H,15,17)(H,16,18). The maximum absolute atomic E-state index is 12.1. The SMILES string of the molecule is CCC(NC(=O)c1[nH]ncc1Br)c1ccccc1. The summed E-state index contributed by atoms with van der Waals surface area (Å²) in [6, 6.07) is 9.93. The van der Waals surface area contributed by atoms with Crippen LogP contribution < -0.4 is 5.32 Å². The molecular formula is C13H14BrN3O. The average Bonchev–Trinajstić information content (AvgIpc) is 2.83. The Morgan fingerprint density at radius 2 is 2.17 bits per heavy atom. The van der Waals surface area contributed by atoms with Gasteiger partial charge in [-0.1, -0.05) is 37.3 Å². The van der Waals surface area contributed by atoms with Gasteiger partial charge in [0, 0.05) is 0 Å². The van der Waals surface area contributed by atoms with Gasteiger partial charge in [-0.05, 0) is 27.9 Å². The zero-order valence-electron chi connectivity index (χ0n) is 9.98. The predicted molar refractivity (Wildman–Crippen MR) is 73.2 cm³/mol. The Kier molecular flexibility index (Phi) is 4.15. The lowest BCUT2D eigenvalue weighted by Crippen LogP contribution is -2.28. The molecule has 0 saturated heterocycles. The normalized spacial score (nSPS) is 12.1. The van der Waals surface area contributed by atoms with Crippen molar-refractivity contribution in [2.24, 2.45) is 0 Å². The van der Waals surface area contributed by atoms with Gasteiger partial charge in [-0.2, -0.15) is 5.10 Å². The zero-order valence-corrected chi connectivity index (χ0v) is 11.6. The second-order valence-corrected chi connectivity index (χ2v) is 4.79. The van der Waals surface area contributed by atoms with Crippen LogP contribution >= 0.6 is 15.9 Å². The molecular weight excluding hydrogens is 294 g/mol. The van der Waals surface area contributed by atoms with Crippen molar-refractivity contribution in [3.05, 3.63) is 52.3 Å². The van der Waals surface area contributed by atoms with Gasteiger partial charge in [0.15, 0.2) is 0 Å². The lowest BCUT2D eigenvalue weighted by atomic mass is 10.0. The van der Waals surface area contributed by atoms with Crippen LogP contribution in [-0.2, 0) is 0 Å². The summed E-state index contributed by atoms with van der Waals surface area (Å²) in [6.45, 7) is 2.04. The second-order valence-electron chi connectivity index (χ2n) is 3.94. The molecule has 0 bridgehead atoms. The molecule has 4 nitrogen and oxygen atoms in total. The Morgan fingerprint density at radius 1 is 1.44 bits per heavy atom.